The van der Waals surface area contributed by atoms with Gasteiger partial charge in [0.15, 0.2) is 0 Å². The van der Waals surface area contributed by atoms with Crippen molar-refractivity contribution in [1.29, 1.82) is 0 Å². The van der Waals surface area contributed by atoms with E-state index in [1.54, 1.807) is 7.11 Å². The molecule has 1 aliphatic carbocycles. The number of methoxy groups -OCH3 is 1. The van der Waals surface area contributed by atoms with Crippen LogP contribution in [0.1, 0.15) is 27.7 Å². The Morgan fingerprint density at radius 1 is 1.24 bits per heavy atom. The third kappa shape index (κ3) is 3.44. The van der Waals surface area contributed by atoms with Crippen LogP contribution in [0, 0.1) is 31.1 Å². The summed E-state index contributed by atoms with van der Waals surface area (Å²) in [6.07, 6.45) is 5.71. The van der Waals surface area contributed by atoms with Crippen LogP contribution >= 0.6 is 0 Å². The maximum absolute atomic E-state index is 12.5. The van der Waals surface area contributed by atoms with E-state index >= 15 is 0 Å². The van der Waals surface area contributed by atoms with E-state index in [-0.39, 0.29) is 18.0 Å². The largest absolute Gasteiger partial charge is 0.384 e. The van der Waals surface area contributed by atoms with E-state index in [1.165, 1.54) is 0 Å². The molecule has 0 aromatic carbocycles. The molecule has 1 saturated carbocycles. The van der Waals surface area contributed by atoms with Crippen molar-refractivity contribution < 1.29 is 9.53 Å². The lowest BCUT2D eigenvalue weighted by Gasteiger charge is -2.34. The fourth-order valence-corrected chi connectivity index (χ4v) is 2.15. The second-order valence-corrected chi connectivity index (χ2v) is 4.80. The molecule has 95 valence electrons. The summed E-state index contributed by atoms with van der Waals surface area (Å²) in [6, 6.07) is 0.403. The van der Waals surface area contributed by atoms with Gasteiger partial charge in [0.05, 0.1) is 12.5 Å². The highest BCUT2D eigenvalue weighted by Gasteiger charge is 2.38. The maximum Gasteiger partial charge on any atom is 0.231 e. The number of hydrogen-bond donors (Lipinski definition) is 0. The number of carbonyl (C=O) groups excluding carboxylic acids is 1. The molecule has 0 atom stereocenters. The van der Waals surface area contributed by atoms with Crippen LogP contribution in [-0.4, -0.2) is 36.6 Å². The smallest absolute Gasteiger partial charge is 0.231 e. The van der Waals surface area contributed by atoms with Crippen LogP contribution in [0.5, 0.6) is 0 Å². The Balaban J connectivity index is 2.72. The molecule has 0 saturated heterocycles. The van der Waals surface area contributed by atoms with Crippen LogP contribution < -0.4 is 0 Å². The fourth-order valence-electron chi connectivity index (χ4n) is 2.15. The van der Waals surface area contributed by atoms with Crippen molar-refractivity contribution in [1.82, 2.24) is 4.90 Å². The summed E-state index contributed by atoms with van der Waals surface area (Å²) in [5.41, 5.74) is 0. The highest BCUT2D eigenvalue weighted by molar-refractivity contribution is 5.97. The first kappa shape index (κ1) is 14.5. The lowest BCUT2D eigenvalue weighted by Crippen LogP contribution is -2.45. The van der Waals surface area contributed by atoms with Gasteiger partial charge in [-0.15, -0.1) is 0 Å². The van der Waals surface area contributed by atoms with Gasteiger partial charge in [-0.05, 0) is 47.0 Å². The minimum Gasteiger partial charge on any atom is -0.384 e. The first-order valence-corrected chi connectivity index (χ1v) is 6.05. The Morgan fingerprint density at radius 3 is 2.29 bits per heavy atom. The molecule has 5 radical (unpaired) electrons. The molecule has 1 aliphatic rings. The Morgan fingerprint density at radius 2 is 1.82 bits per heavy atom. The quantitative estimate of drug-likeness (QED) is 0.731. The van der Waals surface area contributed by atoms with Gasteiger partial charge in [0, 0.05) is 25.1 Å². The van der Waals surface area contributed by atoms with Crippen molar-refractivity contribution in [3.8, 4) is 0 Å². The molecule has 1 fully saturated rings. The first-order chi connectivity index (χ1) is 7.99. The van der Waals surface area contributed by atoms with Crippen molar-refractivity contribution in [3.05, 3.63) is 31.1 Å². The van der Waals surface area contributed by atoms with Gasteiger partial charge >= 0.3 is 0 Å². The van der Waals surface area contributed by atoms with Gasteiger partial charge < -0.3 is 9.64 Å². The van der Waals surface area contributed by atoms with Gasteiger partial charge in [-0.3, -0.25) is 4.79 Å². The second-order valence-electron chi connectivity index (χ2n) is 4.80. The normalized spacial score (nSPS) is 18.3. The van der Waals surface area contributed by atoms with Crippen molar-refractivity contribution in [2.24, 2.45) is 0 Å². The Labute approximate surface area is 106 Å². The van der Waals surface area contributed by atoms with Gasteiger partial charge in [0.25, 0.3) is 0 Å². The van der Waals surface area contributed by atoms with Crippen LogP contribution in [0.2, 0.25) is 0 Å². The van der Waals surface area contributed by atoms with Gasteiger partial charge in [-0.1, -0.05) is 0 Å². The van der Waals surface area contributed by atoms with E-state index in [1.807, 2.05) is 51.9 Å². The van der Waals surface area contributed by atoms with Crippen molar-refractivity contribution in [3.63, 3.8) is 0 Å². The molecule has 1 rings (SSSR count). The molecular weight excluding hydrogens is 214 g/mol. The number of ether oxygens (including phenoxy) is 1. The fraction of sp³-hybridized carbons (Fsp3) is 0.571. The summed E-state index contributed by atoms with van der Waals surface area (Å²) in [7, 11) is 1.64. The molecule has 0 unspecified atom stereocenters. The molecule has 0 aromatic rings. The van der Waals surface area contributed by atoms with Crippen molar-refractivity contribution in [2.75, 3.05) is 13.7 Å². The van der Waals surface area contributed by atoms with Crippen LogP contribution in [0.3, 0.4) is 0 Å². The number of carbonyl (C=O) groups is 1. The van der Waals surface area contributed by atoms with Crippen LogP contribution in [0.15, 0.2) is 0 Å². The summed E-state index contributed by atoms with van der Waals surface area (Å²) in [4.78, 5) is 14.4. The Hall–Kier alpha value is -0.570. The molecule has 3 nitrogen and oxygen atoms in total. The van der Waals surface area contributed by atoms with Crippen LogP contribution in [0.4, 0.5) is 0 Å². The molecule has 0 aliphatic heterocycles. The highest BCUT2D eigenvalue weighted by Crippen LogP contribution is 2.35. The zero-order valence-electron chi connectivity index (χ0n) is 11.4. The molecule has 0 N–H and O–H groups in total. The summed E-state index contributed by atoms with van der Waals surface area (Å²) >= 11 is 0. The van der Waals surface area contributed by atoms with E-state index in [2.05, 4.69) is 0 Å². The number of amides is 1. The van der Waals surface area contributed by atoms with Gasteiger partial charge in [0.1, 0.15) is 0 Å². The predicted octanol–water partition coefficient (Wildman–Crippen LogP) is 2.05. The predicted molar refractivity (Wildman–Crippen MR) is 68.4 cm³/mol. The standard InChI is InChI=1S/C14H22NO2/c1-10(2)15(11(3)4)14(16)13-8-6-7-12(13)9-17-5/h6-8,10-11H,9H2,1-5H3. The van der Waals surface area contributed by atoms with Crippen molar-refractivity contribution >= 4 is 5.91 Å². The number of rotatable bonds is 5. The van der Waals surface area contributed by atoms with Crippen molar-refractivity contribution in [2.45, 2.75) is 39.8 Å². The monoisotopic (exact) mass is 236 g/mol. The van der Waals surface area contributed by atoms with Gasteiger partial charge in [0.2, 0.25) is 5.91 Å². The summed E-state index contributed by atoms with van der Waals surface area (Å²) < 4.78 is 5.11. The third-order valence-corrected chi connectivity index (χ3v) is 2.78. The average Bonchev–Trinajstić information content (AvgIpc) is 2.65. The summed E-state index contributed by atoms with van der Waals surface area (Å²) in [5, 5.41) is 0. The molecule has 0 heterocycles. The topological polar surface area (TPSA) is 29.5 Å². The first-order valence-electron chi connectivity index (χ1n) is 6.05. The molecule has 1 amide bonds. The highest BCUT2D eigenvalue weighted by atomic mass is 16.5. The maximum atomic E-state index is 12.5. The van der Waals surface area contributed by atoms with E-state index in [4.69, 9.17) is 4.74 Å². The summed E-state index contributed by atoms with van der Waals surface area (Å²) in [5.74, 6) is 1.81. The van der Waals surface area contributed by atoms with Gasteiger partial charge in [-0.2, -0.15) is 0 Å². The zero-order valence-corrected chi connectivity index (χ0v) is 11.4. The Bertz CT molecular complexity index is 243. The minimum atomic E-state index is 0.0899. The van der Waals surface area contributed by atoms with Crippen LogP contribution in [0.25, 0.3) is 0 Å². The average molecular weight is 236 g/mol. The van der Waals surface area contributed by atoms with E-state index in [0.717, 1.165) is 11.8 Å². The number of nitrogens with zero attached hydrogens (tertiary/aromatic N) is 1. The van der Waals surface area contributed by atoms with Crippen LogP contribution in [-0.2, 0) is 9.53 Å². The zero-order chi connectivity index (χ0) is 13.0. The SMILES string of the molecule is COC[C]1[CH][CH][CH][C]1C(=O)N(C(C)C)C(C)C. The lowest BCUT2D eigenvalue weighted by atomic mass is 9.94. The molecule has 17 heavy (non-hydrogen) atoms. The molecule has 0 spiro atoms. The van der Waals surface area contributed by atoms with Gasteiger partial charge in [-0.25, -0.2) is 0 Å². The van der Waals surface area contributed by atoms with E-state index < -0.39 is 0 Å². The lowest BCUT2D eigenvalue weighted by molar-refractivity contribution is -0.132. The third-order valence-electron chi connectivity index (χ3n) is 2.78. The molecule has 3 heteroatoms. The van der Waals surface area contributed by atoms with E-state index in [0.29, 0.717) is 6.61 Å². The van der Waals surface area contributed by atoms with E-state index in [9.17, 15) is 4.79 Å². The summed E-state index contributed by atoms with van der Waals surface area (Å²) in [6.45, 7) is 8.64. The molecule has 0 aromatic heterocycles. The molecular formula is C14H22NO2. The Kier molecular flexibility index (Phi) is 5.44. The number of hydrogen-bond acceptors (Lipinski definition) is 2. The second kappa shape index (κ2) is 6.39. The molecule has 0 bridgehead atoms. The minimum absolute atomic E-state index is 0.0899.